The third-order valence-electron chi connectivity index (χ3n) is 2.66. The van der Waals surface area contributed by atoms with Crippen LogP contribution in [0.15, 0.2) is 18.3 Å². The van der Waals surface area contributed by atoms with Crippen LogP contribution in [0.3, 0.4) is 0 Å². The number of alkyl halides is 3. The fourth-order valence-electron chi connectivity index (χ4n) is 1.71. The standard InChI is InChI=1S/C12H6Cl5NO2S/c1-18-4-5(2-7(18)10(20)12(15,16)17)9(19)6-3-8(13)21-11(6)14/h2-4H,1H3. The molecule has 112 valence electrons. The number of thiophene rings is 1. The molecule has 0 N–H and O–H groups in total. The molecule has 0 unspecified atom stereocenters. The van der Waals surface area contributed by atoms with Gasteiger partial charge >= 0.3 is 0 Å². The first kappa shape index (κ1) is 17.1. The molecular formula is C12H6Cl5NO2S. The van der Waals surface area contributed by atoms with E-state index >= 15 is 0 Å². The topological polar surface area (TPSA) is 39.1 Å². The highest BCUT2D eigenvalue weighted by molar-refractivity contribution is 7.20. The highest BCUT2D eigenvalue weighted by Gasteiger charge is 2.34. The van der Waals surface area contributed by atoms with Crippen molar-refractivity contribution in [2.75, 3.05) is 0 Å². The van der Waals surface area contributed by atoms with Crippen LogP contribution in [0.4, 0.5) is 0 Å². The van der Waals surface area contributed by atoms with Gasteiger partial charge in [0, 0.05) is 18.8 Å². The Hall–Kier alpha value is -0.230. The number of ketones is 2. The van der Waals surface area contributed by atoms with Gasteiger partial charge in [-0.1, -0.05) is 58.0 Å². The molecule has 0 saturated heterocycles. The first-order valence-electron chi connectivity index (χ1n) is 5.38. The van der Waals surface area contributed by atoms with Crippen LogP contribution in [0, 0.1) is 0 Å². The van der Waals surface area contributed by atoms with Crippen LogP contribution >= 0.6 is 69.3 Å². The van der Waals surface area contributed by atoms with Gasteiger partial charge in [-0.15, -0.1) is 11.3 Å². The van der Waals surface area contributed by atoms with Gasteiger partial charge in [-0.3, -0.25) is 9.59 Å². The zero-order chi connectivity index (χ0) is 15.9. The van der Waals surface area contributed by atoms with Crippen molar-refractivity contribution in [3.63, 3.8) is 0 Å². The Kier molecular flexibility index (Phi) is 4.98. The summed E-state index contributed by atoms with van der Waals surface area (Å²) in [6, 6.07) is 2.83. The first-order chi connectivity index (χ1) is 9.61. The molecule has 2 heterocycles. The second-order valence-corrected chi connectivity index (χ2v) is 8.69. The minimum atomic E-state index is -2.09. The number of carbonyl (C=O) groups is 2. The van der Waals surface area contributed by atoms with Crippen molar-refractivity contribution in [1.82, 2.24) is 4.57 Å². The van der Waals surface area contributed by atoms with Gasteiger partial charge in [0.25, 0.3) is 3.79 Å². The second-order valence-electron chi connectivity index (χ2n) is 4.12. The summed E-state index contributed by atoms with van der Waals surface area (Å²) in [5.74, 6) is -1.08. The maximum atomic E-state index is 12.4. The molecule has 0 fully saturated rings. The van der Waals surface area contributed by atoms with Gasteiger partial charge in [-0.05, 0) is 12.1 Å². The smallest absolute Gasteiger partial charge is 0.255 e. The Morgan fingerprint density at radius 2 is 1.81 bits per heavy atom. The van der Waals surface area contributed by atoms with E-state index in [0.717, 1.165) is 11.3 Å². The highest BCUT2D eigenvalue weighted by atomic mass is 35.6. The number of hydrogen-bond donors (Lipinski definition) is 0. The number of halogens is 5. The Labute approximate surface area is 149 Å². The van der Waals surface area contributed by atoms with Gasteiger partial charge in [0.1, 0.15) is 4.34 Å². The Bertz CT molecular complexity index is 729. The van der Waals surface area contributed by atoms with E-state index in [1.807, 2.05) is 0 Å². The number of aryl methyl sites for hydroxylation is 1. The van der Waals surface area contributed by atoms with Crippen molar-refractivity contribution in [3.8, 4) is 0 Å². The molecule has 2 aromatic rings. The number of aromatic nitrogens is 1. The summed E-state index contributed by atoms with van der Waals surface area (Å²) in [5, 5.41) is 0. The molecule has 3 nitrogen and oxygen atoms in total. The van der Waals surface area contributed by atoms with E-state index < -0.39 is 9.58 Å². The molecule has 0 aliphatic heterocycles. The van der Waals surface area contributed by atoms with E-state index in [9.17, 15) is 9.59 Å². The molecule has 0 atom stereocenters. The van der Waals surface area contributed by atoms with Gasteiger partial charge in [-0.2, -0.15) is 0 Å². The molecule has 2 rings (SSSR count). The maximum absolute atomic E-state index is 12.4. The molecule has 0 aromatic carbocycles. The normalized spacial score (nSPS) is 11.7. The van der Waals surface area contributed by atoms with Gasteiger partial charge in [0.2, 0.25) is 5.78 Å². The molecule has 0 bridgehead atoms. The Morgan fingerprint density at radius 3 is 2.29 bits per heavy atom. The van der Waals surface area contributed by atoms with Crippen LogP contribution in [0.1, 0.15) is 26.4 Å². The monoisotopic (exact) mass is 403 g/mol. The second kappa shape index (κ2) is 6.11. The third-order valence-corrected chi connectivity index (χ3v) is 4.66. The summed E-state index contributed by atoms with van der Waals surface area (Å²) in [4.78, 5) is 24.3. The van der Waals surface area contributed by atoms with E-state index in [4.69, 9.17) is 58.0 Å². The summed E-state index contributed by atoms with van der Waals surface area (Å²) in [5.41, 5.74) is 0.632. The zero-order valence-electron chi connectivity index (χ0n) is 10.3. The van der Waals surface area contributed by atoms with Crippen LogP contribution in [0.5, 0.6) is 0 Å². The lowest BCUT2D eigenvalue weighted by Crippen LogP contribution is -2.21. The van der Waals surface area contributed by atoms with Crippen molar-refractivity contribution < 1.29 is 9.59 Å². The third kappa shape index (κ3) is 3.58. The largest absolute Gasteiger partial charge is 0.347 e. The van der Waals surface area contributed by atoms with Gasteiger partial charge in [0.15, 0.2) is 5.78 Å². The van der Waals surface area contributed by atoms with Crippen molar-refractivity contribution in [2.45, 2.75) is 3.79 Å². The summed E-state index contributed by atoms with van der Waals surface area (Å²) in [6.45, 7) is 0. The lowest BCUT2D eigenvalue weighted by molar-refractivity contribution is 0.0988. The SMILES string of the molecule is Cn1cc(C(=O)c2cc(Cl)sc2Cl)cc1C(=O)C(Cl)(Cl)Cl. The summed E-state index contributed by atoms with van der Waals surface area (Å²) >= 11 is 29.6. The Balaban J connectivity index is 2.41. The van der Waals surface area contributed by atoms with Crippen LogP contribution in [0.25, 0.3) is 0 Å². The van der Waals surface area contributed by atoms with E-state index in [2.05, 4.69) is 0 Å². The molecule has 21 heavy (non-hydrogen) atoms. The van der Waals surface area contributed by atoms with Crippen LogP contribution in [0.2, 0.25) is 8.67 Å². The molecule has 2 aromatic heterocycles. The predicted octanol–water partition coefficient (Wildman–Crippen LogP) is 5.18. The highest BCUT2D eigenvalue weighted by Crippen LogP contribution is 2.34. The van der Waals surface area contributed by atoms with Gasteiger partial charge in [0.05, 0.1) is 15.6 Å². The molecular weight excluding hydrogens is 399 g/mol. The van der Waals surface area contributed by atoms with E-state index in [1.165, 1.54) is 22.9 Å². The predicted molar refractivity (Wildman–Crippen MR) is 87.8 cm³/mol. The lowest BCUT2D eigenvalue weighted by Gasteiger charge is -2.09. The Morgan fingerprint density at radius 1 is 1.19 bits per heavy atom. The minimum absolute atomic E-state index is 0.107. The molecule has 0 saturated carbocycles. The van der Waals surface area contributed by atoms with E-state index in [0.29, 0.717) is 4.34 Å². The summed E-state index contributed by atoms with van der Waals surface area (Å²) < 4.78 is 0.00901. The van der Waals surface area contributed by atoms with Crippen molar-refractivity contribution in [3.05, 3.63) is 43.8 Å². The average molecular weight is 406 g/mol. The van der Waals surface area contributed by atoms with Crippen molar-refractivity contribution >= 4 is 80.9 Å². The first-order valence-corrected chi connectivity index (χ1v) is 8.09. The molecule has 0 spiro atoms. The van der Waals surface area contributed by atoms with Crippen LogP contribution in [-0.2, 0) is 7.05 Å². The van der Waals surface area contributed by atoms with E-state index in [-0.39, 0.29) is 26.9 Å². The average Bonchev–Trinajstić information content (AvgIpc) is 2.89. The summed E-state index contributed by atoms with van der Waals surface area (Å²) in [7, 11) is 1.57. The fraction of sp³-hybridized carbons (Fsp3) is 0.167. The van der Waals surface area contributed by atoms with Crippen molar-refractivity contribution in [1.29, 1.82) is 0 Å². The molecule has 0 aliphatic carbocycles. The zero-order valence-corrected chi connectivity index (χ0v) is 14.9. The number of carbonyl (C=O) groups excluding carboxylic acids is 2. The fourth-order valence-corrected chi connectivity index (χ4v) is 3.46. The molecule has 9 heteroatoms. The number of hydrogen-bond acceptors (Lipinski definition) is 3. The van der Waals surface area contributed by atoms with Gasteiger partial charge < -0.3 is 4.57 Å². The quantitative estimate of drug-likeness (QED) is 0.522. The number of nitrogens with zero attached hydrogens (tertiary/aromatic N) is 1. The maximum Gasteiger partial charge on any atom is 0.255 e. The summed E-state index contributed by atoms with van der Waals surface area (Å²) in [6.07, 6.45) is 1.47. The molecule has 0 amide bonds. The molecule has 0 aliphatic rings. The number of rotatable bonds is 3. The van der Waals surface area contributed by atoms with Gasteiger partial charge in [-0.25, -0.2) is 0 Å². The van der Waals surface area contributed by atoms with E-state index in [1.54, 1.807) is 7.05 Å². The van der Waals surface area contributed by atoms with Crippen LogP contribution in [-0.4, -0.2) is 19.9 Å². The van der Waals surface area contributed by atoms with Crippen molar-refractivity contribution in [2.24, 2.45) is 7.05 Å². The number of Topliss-reactive ketones (excluding diaryl/α,β-unsaturated/α-hetero) is 1. The minimum Gasteiger partial charge on any atom is -0.347 e. The van der Waals surface area contributed by atoms with Crippen LogP contribution < -0.4 is 0 Å². The lowest BCUT2D eigenvalue weighted by atomic mass is 10.1. The molecule has 0 radical (unpaired) electrons.